The van der Waals surface area contributed by atoms with Gasteiger partial charge in [0.05, 0.1) is 0 Å². The fourth-order valence-electron chi connectivity index (χ4n) is 2.21. The van der Waals surface area contributed by atoms with Crippen molar-refractivity contribution in [3.8, 4) is 0 Å². The van der Waals surface area contributed by atoms with Crippen molar-refractivity contribution in [2.45, 2.75) is 58.4 Å². The van der Waals surface area contributed by atoms with Crippen LogP contribution in [0.3, 0.4) is 0 Å². The van der Waals surface area contributed by atoms with E-state index >= 15 is 0 Å². The summed E-state index contributed by atoms with van der Waals surface area (Å²) in [6, 6.07) is 0. The van der Waals surface area contributed by atoms with Gasteiger partial charge < -0.3 is 28.8 Å². The van der Waals surface area contributed by atoms with Gasteiger partial charge in [-0.05, 0) is 0 Å². The normalized spacial score (nSPS) is 29.3. The highest BCUT2D eigenvalue weighted by atomic mass is 16.7. The van der Waals surface area contributed by atoms with Gasteiger partial charge in [-0.1, -0.05) is 0 Å². The van der Waals surface area contributed by atoms with Crippen LogP contribution in [0.4, 0.5) is 0 Å². The molecule has 1 aliphatic rings. The lowest BCUT2D eigenvalue weighted by atomic mass is 9.98. The Balaban J connectivity index is 3.11. The number of hydrogen-bond acceptors (Lipinski definition) is 10. The first-order chi connectivity index (χ1) is 11.1. The molecule has 0 aromatic heterocycles. The Morgan fingerprint density at radius 3 is 1.71 bits per heavy atom. The van der Waals surface area contributed by atoms with Gasteiger partial charge in [0, 0.05) is 27.7 Å². The molecule has 136 valence electrons. The molecule has 0 bridgehead atoms. The highest BCUT2D eigenvalue weighted by Gasteiger charge is 2.51. The smallest absolute Gasteiger partial charge is 0.303 e. The number of carbonyl (C=O) groups excluding carboxylic acids is 4. The lowest BCUT2D eigenvalue weighted by Gasteiger charge is -2.42. The van der Waals surface area contributed by atoms with E-state index in [9.17, 15) is 24.3 Å². The van der Waals surface area contributed by atoms with E-state index in [1.807, 2.05) is 0 Å². The van der Waals surface area contributed by atoms with Crippen LogP contribution in [0.1, 0.15) is 27.7 Å². The zero-order valence-electron chi connectivity index (χ0n) is 13.7. The maximum atomic E-state index is 11.3. The summed E-state index contributed by atoms with van der Waals surface area (Å²) in [5, 5.41) is 10.0. The van der Waals surface area contributed by atoms with Crippen molar-refractivity contribution in [2.24, 2.45) is 0 Å². The van der Waals surface area contributed by atoms with Crippen LogP contribution < -0.4 is 0 Å². The molecule has 10 nitrogen and oxygen atoms in total. The second kappa shape index (κ2) is 8.60. The van der Waals surface area contributed by atoms with Gasteiger partial charge in [0.1, 0.15) is 12.7 Å². The van der Waals surface area contributed by atoms with Crippen molar-refractivity contribution in [1.29, 1.82) is 0 Å². The van der Waals surface area contributed by atoms with Gasteiger partial charge in [-0.2, -0.15) is 0 Å². The number of hydrogen-bond donors (Lipinski definition) is 1. The molecule has 1 saturated heterocycles. The van der Waals surface area contributed by atoms with Gasteiger partial charge in [-0.3, -0.25) is 19.2 Å². The molecule has 4 unspecified atom stereocenters. The van der Waals surface area contributed by atoms with Gasteiger partial charge in [0.15, 0.2) is 24.6 Å². The molecule has 0 spiro atoms. The molecule has 1 N–H and O–H groups in total. The van der Waals surface area contributed by atoms with Crippen molar-refractivity contribution in [3.63, 3.8) is 0 Å². The van der Waals surface area contributed by atoms with E-state index in [0.29, 0.717) is 0 Å². The lowest BCUT2D eigenvalue weighted by Crippen LogP contribution is -2.62. The molecule has 1 heterocycles. The van der Waals surface area contributed by atoms with Crippen molar-refractivity contribution < 1.29 is 48.0 Å². The maximum Gasteiger partial charge on any atom is 0.303 e. The Labute approximate surface area is 137 Å². The largest absolute Gasteiger partial charge is 0.463 e. The number of rotatable bonds is 5. The number of aliphatic hydroxyl groups excluding tert-OH is 1. The average molecular weight is 348 g/mol. The van der Waals surface area contributed by atoms with Crippen molar-refractivity contribution in [2.75, 3.05) is 6.61 Å². The SMILES string of the molecule is CC(=O)OCC1OC(O)C(OC(C)=O)C(OC(C)=O)[C@@H]1OC(C)=O. The Morgan fingerprint density at radius 2 is 1.25 bits per heavy atom. The first-order valence-electron chi connectivity index (χ1n) is 7.10. The molecule has 0 aliphatic carbocycles. The summed E-state index contributed by atoms with van der Waals surface area (Å²) in [6.07, 6.45) is -6.79. The number of ether oxygens (including phenoxy) is 5. The van der Waals surface area contributed by atoms with Gasteiger partial charge in [-0.25, -0.2) is 0 Å². The monoisotopic (exact) mass is 348 g/mol. The predicted octanol–water partition coefficient (Wildman–Crippen LogP) is -0.938. The fraction of sp³-hybridized carbons (Fsp3) is 0.714. The second-order valence-corrected chi connectivity index (χ2v) is 5.09. The quantitative estimate of drug-likeness (QED) is 0.490. The van der Waals surface area contributed by atoms with E-state index < -0.39 is 54.6 Å². The summed E-state index contributed by atoms with van der Waals surface area (Å²) in [7, 11) is 0. The topological polar surface area (TPSA) is 135 Å². The summed E-state index contributed by atoms with van der Waals surface area (Å²) in [5.41, 5.74) is 0. The van der Waals surface area contributed by atoms with E-state index in [2.05, 4.69) is 0 Å². The van der Waals surface area contributed by atoms with Crippen LogP contribution in [0, 0.1) is 0 Å². The fourth-order valence-corrected chi connectivity index (χ4v) is 2.21. The molecular formula is C14H20O10. The van der Waals surface area contributed by atoms with Crippen LogP contribution in [-0.2, 0) is 42.9 Å². The highest BCUT2D eigenvalue weighted by Crippen LogP contribution is 2.28. The third-order valence-corrected chi connectivity index (χ3v) is 2.97. The van der Waals surface area contributed by atoms with Crippen LogP contribution in [0.15, 0.2) is 0 Å². The number of aliphatic hydroxyl groups is 1. The first-order valence-corrected chi connectivity index (χ1v) is 7.10. The zero-order valence-corrected chi connectivity index (χ0v) is 13.7. The van der Waals surface area contributed by atoms with Crippen molar-refractivity contribution in [1.82, 2.24) is 0 Å². The Kier molecular flexibility index (Phi) is 7.11. The van der Waals surface area contributed by atoms with Gasteiger partial charge in [0.25, 0.3) is 0 Å². The summed E-state index contributed by atoms with van der Waals surface area (Å²) < 4.78 is 25.0. The minimum atomic E-state index is -1.68. The third-order valence-electron chi connectivity index (χ3n) is 2.97. The lowest BCUT2D eigenvalue weighted by molar-refractivity contribution is -0.296. The van der Waals surface area contributed by atoms with E-state index in [0.717, 1.165) is 27.7 Å². The summed E-state index contributed by atoms with van der Waals surface area (Å²) in [5.74, 6) is -2.87. The third kappa shape index (κ3) is 5.78. The van der Waals surface area contributed by atoms with Gasteiger partial charge in [0.2, 0.25) is 0 Å². The van der Waals surface area contributed by atoms with Crippen LogP contribution in [0.5, 0.6) is 0 Å². The van der Waals surface area contributed by atoms with Gasteiger partial charge in [-0.15, -0.1) is 0 Å². The molecule has 1 fully saturated rings. The molecule has 24 heavy (non-hydrogen) atoms. The van der Waals surface area contributed by atoms with E-state index in [4.69, 9.17) is 23.7 Å². The summed E-state index contributed by atoms with van der Waals surface area (Å²) in [4.78, 5) is 44.9. The first kappa shape index (κ1) is 19.8. The van der Waals surface area contributed by atoms with Crippen LogP contribution >= 0.6 is 0 Å². The van der Waals surface area contributed by atoms with Crippen LogP contribution in [0.2, 0.25) is 0 Å². The molecule has 1 aliphatic heterocycles. The molecular weight excluding hydrogens is 328 g/mol. The zero-order chi connectivity index (χ0) is 18.4. The molecule has 0 saturated carbocycles. The second-order valence-electron chi connectivity index (χ2n) is 5.09. The van der Waals surface area contributed by atoms with Crippen LogP contribution in [-0.4, -0.2) is 66.3 Å². The molecule has 5 atom stereocenters. The molecule has 0 aromatic carbocycles. The standard InChI is InChI=1S/C14H20O10/c1-6(15)20-5-10-11(21-7(2)16)12(22-8(3)17)13(14(19)24-10)23-9(4)18/h10-14,19H,5H2,1-4H3/t10?,11-,12?,13?,14?/m1/s1. The van der Waals surface area contributed by atoms with E-state index in [1.165, 1.54) is 0 Å². The average Bonchev–Trinajstić information content (AvgIpc) is 2.42. The van der Waals surface area contributed by atoms with E-state index in [1.54, 1.807) is 0 Å². The highest BCUT2D eigenvalue weighted by molar-refractivity contribution is 5.68. The van der Waals surface area contributed by atoms with Crippen molar-refractivity contribution >= 4 is 23.9 Å². The molecule has 0 radical (unpaired) electrons. The summed E-state index contributed by atoms with van der Waals surface area (Å²) >= 11 is 0. The number of carbonyl (C=O) groups is 4. The van der Waals surface area contributed by atoms with Crippen molar-refractivity contribution in [3.05, 3.63) is 0 Å². The minimum absolute atomic E-state index is 0.366. The van der Waals surface area contributed by atoms with Gasteiger partial charge >= 0.3 is 23.9 Å². The minimum Gasteiger partial charge on any atom is -0.463 e. The summed E-state index contributed by atoms with van der Waals surface area (Å²) in [6.45, 7) is 4.09. The Morgan fingerprint density at radius 1 is 0.792 bits per heavy atom. The predicted molar refractivity (Wildman–Crippen MR) is 74.2 cm³/mol. The van der Waals surface area contributed by atoms with E-state index in [-0.39, 0.29) is 6.61 Å². The molecule has 1 rings (SSSR count). The number of esters is 4. The molecule has 10 heteroatoms. The maximum absolute atomic E-state index is 11.3. The molecule has 0 amide bonds. The Hall–Kier alpha value is -2.20. The molecule has 0 aromatic rings. The Bertz CT molecular complexity index is 502. The van der Waals surface area contributed by atoms with Crippen LogP contribution in [0.25, 0.3) is 0 Å².